The van der Waals surface area contributed by atoms with Gasteiger partial charge in [-0.05, 0) is 16.5 Å². The van der Waals surface area contributed by atoms with Crippen LogP contribution in [0.2, 0.25) is 0 Å². The van der Waals surface area contributed by atoms with Crippen molar-refractivity contribution in [2.24, 2.45) is 4.99 Å². The zero-order valence-corrected chi connectivity index (χ0v) is 19.8. The number of hydrogen-bond donors (Lipinski definition) is 2. The van der Waals surface area contributed by atoms with Crippen LogP contribution in [0.25, 0.3) is 0 Å². The fourth-order valence-corrected chi connectivity index (χ4v) is 2.43. The molecule has 1 aromatic heterocycles. The van der Waals surface area contributed by atoms with Gasteiger partial charge >= 0.3 is 0 Å². The highest BCUT2D eigenvalue weighted by molar-refractivity contribution is 14.0. The van der Waals surface area contributed by atoms with Gasteiger partial charge in [0, 0.05) is 19.0 Å². The van der Waals surface area contributed by atoms with E-state index in [1.165, 1.54) is 11.1 Å². The molecule has 0 bridgehead atoms. The number of nitrogens with zero attached hydrogens (tertiary/aromatic N) is 2. The predicted molar refractivity (Wildman–Crippen MR) is 123 cm³/mol. The molecule has 150 valence electrons. The topological polar surface area (TPSA) is 62.5 Å². The van der Waals surface area contributed by atoms with E-state index in [0.717, 1.165) is 11.7 Å². The van der Waals surface area contributed by atoms with Crippen LogP contribution >= 0.6 is 24.0 Å². The van der Waals surface area contributed by atoms with Crippen LogP contribution in [0.4, 0.5) is 0 Å². The number of guanidine groups is 1. The summed E-state index contributed by atoms with van der Waals surface area (Å²) >= 11 is 0. The molecule has 0 unspecified atom stereocenters. The van der Waals surface area contributed by atoms with Crippen LogP contribution in [0.15, 0.2) is 39.9 Å². The Morgan fingerprint density at radius 2 is 1.56 bits per heavy atom. The maximum atomic E-state index is 5.79. The zero-order chi connectivity index (χ0) is 19.4. The molecule has 0 aliphatic carbocycles. The van der Waals surface area contributed by atoms with Gasteiger partial charge in [0.1, 0.15) is 5.76 Å². The molecule has 0 amide bonds. The smallest absolute Gasteiger partial charge is 0.213 e. The summed E-state index contributed by atoms with van der Waals surface area (Å²) in [7, 11) is 1.76. The van der Waals surface area contributed by atoms with Crippen molar-refractivity contribution in [3.05, 3.63) is 53.2 Å². The maximum absolute atomic E-state index is 5.79. The molecule has 5 nitrogen and oxygen atoms in total. The third-order valence-corrected chi connectivity index (χ3v) is 4.20. The molecule has 2 aromatic rings. The van der Waals surface area contributed by atoms with Gasteiger partial charge in [-0.2, -0.15) is 0 Å². The lowest BCUT2D eigenvalue weighted by atomic mass is 9.87. The van der Waals surface area contributed by atoms with Gasteiger partial charge in [-0.15, -0.1) is 24.0 Å². The van der Waals surface area contributed by atoms with Crippen molar-refractivity contribution in [2.75, 3.05) is 7.05 Å². The summed E-state index contributed by atoms with van der Waals surface area (Å²) in [6, 6.07) is 8.69. The van der Waals surface area contributed by atoms with Crippen LogP contribution in [0.5, 0.6) is 0 Å². The van der Waals surface area contributed by atoms with Gasteiger partial charge in [0.2, 0.25) is 5.89 Å². The van der Waals surface area contributed by atoms with E-state index in [0.29, 0.717) is 19.0 Å². The molecule has 1 heterocycles. The molecule has 2 N–H and O–H groups in total. The van der Waals surface area contributed by atoms with Crippen LogP contribution in [-0.2, 0) is 23.9 Å². The SMILES string of the molecule is CN=C(NCc1ccc(C(C)(C)C)cc1)NCc1ncc(C(C)(C)C)o1.I. The molecule has 27 heavy (non-hydrogen) atoms. The average molecular weight is 484 g/mol. The minimum absolute atomic E-state index is 0. The van der Waals surface area contributed by atoms with Crippen molar-refractivity contribution in [1.82, 2.24) is 15.6 Å². The molecule has 0 atom stereocenters. The highest BCUT2D eigenvalue weighted by Crippen LogP contribution is 2.23. The summed E-state index contributed by atoms with van der Waals surface area (Å²) in [6.07, 6.45) is 1.80. The summed E-state index contributed by atoms with van der Waals surface area (Å²) in [5, 5.41) is 6.56. The van der Waals surface area contributed by atoms with Gasteiger partial charge in [0.15, 0.2) is 5.96 Å². The minimum atomic E-state index is -0.0373. The van der Waals surface area contributed by atoms with Gasteiger partial charge in [-0.3, -0.25) is 4.99 Å². The van der Waals surface area contributed by atoms with E-state index in [9.17, 15) is 0 Å². The number of benzene rings is 1. The Bertz CT molecular complexity index is 737. The second-order valence-corrected chi connectivity index (χ2v) is 8.59. The summed E-state index contributed by atoms with van der Waals surface area (Å²) in [6.45, 7) is 14.2. The highest BCUT2D eigenvalue weighted by atomic mass is 127. The number of hydrogen-bond acceptors (Lipinski definition) is 3. The highest BCUT2D eigenvalue weighted by Gasteiger charge is 2.19. The standard InChI is InChI=1S/C21H32N4O.HI/c1-20(2,3)16-10-8-15(9-11-16)12-24-19(22-7)25-14-18-23-13-17(26-18)21(4,5)6;/h8-11,13H,12,14H2,1-7H3,(H2,22,24,25);1H. The van der Waals surface area contributed by atoms with Gasteiger partial charge in [0.25, 0.3) is 0 Å². The van der Waals surface area contributed by atoms with E-state index < -0.39 is 0 Å². The Morgan fingerprint density at radius 1 is 0.963 bits per heavy atom. The molecule has 0 radical (unpaired) electrons. The molecule has 6 heteroatoms. The second kappa shape index (κ2) is 9.57. The quantitative estimate of drug-likeness (QED) is 0.374. The van der Waals surface area contributed by atoms with Crippen LogP contribution in [0.1, 0.15) is 64.3 Å². The van der Waals surface area contributed by atoms with E-state index in [4.69, 9.17) is 4.42 Å². The van der Waals surface area contributed by atoms with E-state index in [1.54, 1.807) is 13.2 Å². The molecule has 0 spiro atoms. The Balaban J connectivity index is 0.00000364. The molecule has 0 saturated carbocycles. The first-order valence-electron chi connectivity index (χ1n) is 9.09. The summed E-state index contributed by atoms with van der Waals surface area (Å²) in [5.74, 6) is 2.27. The summed E-state index contributed by atoms with van der Waals surface area (Å²) < 4.78 is 5.79. The van der Waals surface area contributed by atoms with Gasteiger partial charge in [-0.1, -0.05) is 65.8 Å². The third kappa shape index (κ3) is 7.16. The van der Waals surface area contributed by atoms with Crippen molar-refractivity contribution in [2.45, 2.75) is 65.5 Å². The fourth-order valence-electron chi connectivity index (χ4n) is 2.43. The molecule has 0 saturated heterocycles. The van der Waals surface area contributed by atoms with Gasteiger partial charge < -0.3 is 15.1 Å². The van der Waals surface area contributed by atoms with E-state index in [2.05, 4.69) is 86.4 Å². The number of rotatable bonds is 4. The first-order chi connectivity index (χ1) is 12.1. The first kappa shape index (κ1) is 23.5. The number of oxazole rings is 1. The van der Waals surface area contributed by atoms with Crippen molar-refractivity contribution in [3.8, 4) is 0 Å². The van der Waals surface area contributed by atoms with Crippen molar-refractivity contribution in [3.63, 3.8) is 0 Å². The Labute approximate surface area is 180 Å². The lowest BCUT2D eigenvalue weighted by Crippen LogP contribution is -2.36. The van der Waals surface area contributed by atoms with Gasteiger partial charge in [0.05, 0.1) is 12.7 Å². The molecule has 0 fully saturated rings. The zero-order valence-electron chi connectivity index (χ0n) is 17.5. The average Bonchev–Trinajstić information content (AvgIpc) is 3.04. The van der Waals surface area contributed by atoms with Crippen molar-refractivity contribution < 1.29 is 4.42 Å². The molecular formula is C21H33IN4O. The van der Waals surface area contributed by atoms with E-state index in [1.807, 2.05) is 0 Å². The first-order valence-corrected chi connectivity index (χ1v) is 9.09. The monoisotopic (exact) mass is 484 g/mol. The van der Waals surface area contributed by atoms with E-state index >= 15 is 0 Å². The van der Waals surface area contributed by atoms with Crippen LogP contribution in [-0.4, -0.2) is 18.0 Å². The van der Waals surface area contributed by atoms with Crippen LogP contribution in [0.3, 0.4) is 0 Å². The minimum Gasteiger partial charge on any atom is -0.443 e. The number of nitrogens with one attached hydrogen (secondary N) is 2. The number of aliphatic imine (C=N–C) groups is 1. The summed E-state index contributed by atoms with van der Waals surface area (Å²) in [5.41, 5.74) is 2.69. The third-order valence-electron chi connectivity index (χ3n) is 4.20. The number of halogens is 1. The van der Waals surface area contributed by atoms with Gasteiger partial charge in [-0.25, -0.2) is 4.98 Å². The fraction of sp³-hybridized carbons (Fsp3) is 0.524. The molecule has 0 aliphatic rings. The van der Waals surface area contributed by atoms with Crippen molar-refractivity contribution in [1.29, 1.82) is 0 Å². The maximum Gasteiger partial charge on any atom is 0.213 e. The Hall–Kier alpha value is -1.57. The largest absolute Gasteiger partial charge is 0.443 e. The van der Waals surface area contributed by atoms with Crippen LogP contribution < -0.4 is 10.6 Å². The molecule has 0 aliphatic heterocycles. The second-order valence-electron chi connectivity index (χ2n) is 8.59. The number of aromatic nitrogens is 1. The Morgan fingerprint density at radius 3 is 2.04 bits per heavy atom. The van der Waals surface area contributed by atoms with E-state index in [-0.39, 0.29) is 34.8 Å². The lowest BCUT2D eigenvalue weighted by Gasteiger charge is -2.19. The Kier molecular flexibility index (Phi) is 8.32. The molecule has 1 aromatic carbocycles. The molecule has 2 rings (SSSR count). The lowest BCUT2D eigenvalue weighted by molar-refractivity contribution is 0.379. The van der Waals surface area contributed by atoms with Crippen LogP contribution in [0, 0.1) is 0 Å². The predicted octanol–water partition coefficient (Wildman–Crippen LogP) is 4.75. The summed E-state index contributed by atoms with van der Waals surface area (Å²) in [4.78, 5) is 8.58. The van der Waals surface area contributed by atoms with Crippen molar-refractivity contribution >= 4 is 29.9 Å². The normalized spacial score (nSPS) is 12.5. The molecular weight excluding hydrogens is 451 g/mol.